The summed E-state index contributed by atoms with van der Waals surface area (Å²) < 4.78 is 11.0. The van der Waals surface area contributed by atoms with Gasteiger partial charge in [-0.05, 0) is 19.8 Å². The van der Waals surface area contributed by atoms with Crippen LogP contribution in [-0.4, -0.2) is 25.4 Å². The van der Waals surface area contributed by atoms with E-state index in [1.807, 2.05) is 6.92 Å². The summed E-state index contributed by atoms with van der Waals surface area (Å²) in [6.07, 6.45) is 1.64. The summed E-state index contributed by atoms with van der Waals surface area (Å²) >= 11 is 0. The molecule has 3 unspecified atom stereocenters. The Morgan fingerprint density at radius 2 is 2.38 bits per heavy atom. The summed E-state index contributed by atoms with van der Waals surface area (Å²) in [5.74, 6) is -0.00935. The first kappa shape index (κ1) is 10.5. The average Bonchev–Trinajstić information content (AvgIpc) is 2.65. The van der Waals surface area contributed by atoms with E-state index in [0.717, 1.165) is 12.8 Å². The van der Waals surface area contributed by atoms with E-state index in [9.17, 15) is 0 Å². The Bertz CT molecular complexity index is 205. The van der Waals surface area contributed by atoms with Gasteiger partial charge >= 0.3 is 0 Å². The van der Waals surface area contributed by atoms with Crippen LogP contribution in [-0.2, 0) is 9.47 Å². The number of hydrogen-bond acceptors (Lipinski definition) is 3. The molecule has 0 aromatic rings. The van der Waals surface area contributed by atoms with Gasteiger partial charge in [0.25, 0.3) is 0 Å². The number of ether oxygens (including phenoxy) is 2. The number of nitriles is 1. The van der Waals surface area contributed by atoms with Gasteiger partial charge in [0.1, 0.15) is 6.10 Å². The average molecular weight is 183 g/mol. The zero-order chi connectivity index (χ0) is 9.90. The van der Waals surface area contributed by atoms with E-state index in [2.05, 4.69) is 13.0 Å². The smallest absolute Gasteiger partial charge is 0.102 e. The molecule has 1 fully saturated rings. The molecule has 74 valence electrons. The van der Waals surface area contributed by atoms with Gasteiger partial charge in [0.2, 0.25) is 0 Å². The van der Waals surface area contributed by atoms with Gasteiger partial charge < -0.3 is 9.47 Å². The summed E-state index contributed by atoms with van der Waals surface area (Å²) in [5.41, 5.74) is -0.309. The third-order valence-corrected chi connectivity index (χ3v) is 3.03. The van der Waals surface area contributed by atoms with Crippen LogP contribution in [0.2, 0.25) is 0 Å². The predicted octanol–water partition coefficient (Wildman–Crippen LogP) is 1.73. The SMILES string of the molecule is CCC(C)(OC)C1OCCC1C#N. The van der Waals surface area contributed by atoms with Gasteiger partial charge in [-0.3, -0.25) is 0 Å². The molecule has 1 aliphatic heterocycles. The maximum Gasteiger partial charge on any atom is 0.102 e. The maximum absolute atomic E-state index is 8.91. The lowest BCUT2D eigenvalue weighted by molar-refractivity contribution is -0.107. The summed E-state index contributed by atoms with van der Waals surface area (Å²) in [4.78, 5) is 0. The highest BCUT2D eigenvalue weighted by molar-refractivity contribution is 5.00. The number of methoxy groups -OCH3 is 1. The summed E-state index contributed by atoms with van der Waals surface area (Å²) in [6.45, 7) is 4.74. The molecule has 3 nitrogen and oxygen atoms in total. The largest absolute Gasteiger partial charge is 0.376 e. The highest BCUT2D eigenvalue weighted by Crippen LogP contribution is 2.33. The Labute approximate surface area is 79.6 Å². The van der Waals surface area contributed by atoms with E-state index in [4.69, 9.17) is 14.7 Å². The Morgan fingerprint density at radius 3 is 2.85 bits per heavy atom. The van der Waals surface area contributed by atoms with E-state index in [-0.39, 0.29) is 17.6 Å². The molecule has 13 heavy (non-hydrogen) atoms. The van der Waals surface area contributed by atoms with E-state index < -0.39 is 0 Å². The van der Waals surface area contributed by atoms with Crippen LogP contribution in [0.5, 0.6) is 0 Å². The van der Waals surface area contributed by atoms with Crippen LogP contribution in [0.4, 0.5) is 0 Å². The Balaban J connectivity index is 2.74. The Hall–Kier alpha value is -0.590. The van der Waals surface area contributed by atoms with Crippen molar-refractivity contribution in [2.45, 2.75) is 38.4 Å². The first-order valence-corrected chi connectivity index (χ1v) is 4.74. The fourth-order valence-corrected chi connectivity index (χ4v) is 1.79. The van der Waals surface area contributed by atoms with E-state index in [1.165, 1.54) is 0 Å². The highest BCUT2D eigenvalue weighted by atomic mass is 16.5. The van der Waals surface area contributed by atoms with E-state index in [1.54, 1.807) is 7.11 Å². The first-order chi connectivity index (χ1) is 6.18. The van der Waals surface area contributed by atoms with Gasteiger partial charge in [0.15, 0.2) is 0 Å². The molecule has 1 rings (SSSR count). The van der Waals surface area contributed by atoms with Crippen LogP contribution < -0.4 is 0 Å². The minimum atomic E-state index is -0.309. The van der Waals surface area contributed by atoms with Crippen LogP contribution in [0.1, 0.15) is 26.7 Å². The van der Waals surface area contributed by atoms with Crippen LogP contribution in [0.25, 0.3) is 0 Å². The second-order valence-corrected chi connectivity index (χ2v) is 3.69. The second-order valence-electron chi connectivity index (χ2n) is 3.69. The van der Waals surface area contributed by atoms with Crippen LogP contribution in [0, 0.1) is 17.2 Å². The van der Waals surface area contributed by atoms with Crippen molar-refractivity contribution in [3.8, 4) is 6.07 Å². The molecule has 0 saturated carbocycles. The third-order valence-electron chi connectivity index (χ3n) is 3.03. The standard InChI is InChI=1S/C10H17NO2/c1-4-10(2,12-3)9-8(7-11)5-6-13-9/h8-9H,4-6H2,1-3H3. The van der Waals surface area contributed by atoms with Crippen molar-refractivity contribution in [3.63, 3.8) is 0 Å². The lowest BCUT2D eigenvalue weighted by Gasteiger charge is -2.33. The molecule has 0 amide bonds. The van der Waals surface area contributed by atoms with Gasteiger partial charge in [-0.1, -0.05) is 6.92 Å². The number of nitrogens with zero attached hydrogens (tertiary/aromatic N) is 1. The molecule has 0 bridgehead atoms. The molecule has 0 radical (unpaired) electrons. The van der Waals surface area contributed by atoms with Crippen molar-refractivity contribution in [1.82, 2.24) is 0 Å². The number of rotatable bonds is 3. The van der Waals surface area contributed by atoms with E-state index >= 15 is 0 Å². The second kappa shape index (κ2) is 4.08. The Morgan fingerprint density at radius 1 is 1.69 bits per heavy atom. The predicted molar refractivity (Wildman–Crippen MR) is 49.2 cm³/mol. The summed E-state index contributed by atoms with van der Waals surface area (Å²) in [5, 5.41) is 8.91. The van der Waals surface area contributed by atoms with Gasteiger partial charge in [-0.2, -0.15) is 5.26 Å². The molecule has 0 aromatic carbocycles. The van der Waals surface area contributed by atoms with Crippen molar-refractivity contribution in [2.24, 2.45) is 5.92 Å². The molecule has 1 heterocycles. The molecule has 0 aromatic heterocycles. The normalized spacial score (nSPS) is 32.5. The monoisotopic (exact) mass is 183 g/mol. The van der Waals surface area contributed by atoms with Gasteiger partial charge in [0, 0.05) is 13.7 Å². The minimum absolute atomic E-state index is 0.00935. The molecule has 0 spiro atoms. The Kier molecular flexibility index (Phi) is 3.29. The maximum atomic E-state index is 8.91. The molecule has 0 aliphatic carbocycles. The topological polar surface area (TPSA) is 42.2 Å². The van der Waals surface area contributed by atoms with Crippen molar-refractivity contribution in [3.05, 3.63) is 0 Å². The lowest BCUT2D eigenvalue weighted by atomic mass is 9.87. The number of hydrogen-bond donors (Lipinski definition) is 0. The van der Waals surface area contributed by atoms with E-state index in [0.29, 0.717) is 6.61 Å². The molecular formula is C10H17NO2. The van der Waals surface area contributed by atoms with Crippen LogP contribution >= 0.6 is 0 Å². The van der Waals surface area contributed by atoms with Crippen molar-refractivity contribution >= 4 is 0 Å². The quantitative estimate of drug-likeness (QED) is 0.669. The lowest BCUT2D eigenvalue weighted by Crippen LogP contribution is -2.43. The molecule has 0 N–H and O–H groups in total. The van der Waals surface area contributed by atoms with Gasteiger partial charge in [-0.25, -0.2) is 0 Å². The van der Waals surface area contributed by atoms with Gasteiger partial charge in [0.05, 0.1) is 17.6 Å². The van der Waals surface area contributed by atoms with Crippen LogP contribution in [0.15, 0.2) is 0 Å². The third kappa shape index (κ3) is 1.84. The molecule has 3 atom stereocenters. The van der Waals surface area contributed by atoms with Crippen LogP contribution in [0.3, 0.4) is 0 Å². The molecular weight excluding hydrogens is 166 g/mol. The fraction of sp³-hybridized carbons (Fsp3) is 0.900. The summed E-state index contributed by atoms with van der Waals surface area (Å²) in [6, 6.07) is 2.28. The molecule has 3 heteroatoms. The van der Waals surface area contributed by atoms with Crippen molar-refractivity contribution < 1.29 is 9.47 Å². The zero-order valence-electron chi connectivity index (χ0n) is 8.54. The molecule has 1 aliphatic rings. The minimum Gasteiger partial charge on any atom is -0.376 e. The first-order valence-electron chi connectivity index (χ1n) is 4.74. The zero-order valence-corrected chi connectivity index (χ0v) is 8.54. The highest BCUT2D eigenvalue weighted by Gasteiger charge is 2.42. The fourth-order valence-electron chi connectivity index (χ4n) is 1.79. The molecule has 1 saturated heterocycles. The summed E-state index contributed by atoms with van der Waals surface area (Å²) in [7, 11) is 1.68. The van der Waals surface area contributed by atoms with Gasteiger partial charge in [-0.15, -0.1) is 0 Å². The van der Waals surface area contributed by atoms with Crippen molar-refractivity contribution in [2.75, 3.05) is 13.7 Å². The van der Waals surface area contributed by atoms with Crippen molar-refractivity contribution in [1.29, 1.82) is 5.26 Å².